The van der Waals surface area contributed by atoms with E-state index in [1.165, 1.54) is 0 Å². The second-order valence-corrected chi connectivity index (χ2v) is 8.14. The lowest BCUT2D eigenvalue weighted by molar-refractivity contribution is -0.136. The average molecular weight is 575 g/mol. The van der Waals surface area contributed by atoms with Gasteiger partial charge in [0.05, 0.1) is 6.54 Å². The van der Waals surface area contributed by atoms with Crippen LogP contribution in [-0.2, 0) is 11.3 Å². The van der Waals surface area contributed by atoms with E-state index in [2.05, 4.69) is 39.6 Å². The van der Waals surface area contributed by atoms with E-state index < -0.39 is 0 Å². The van der Waals surface area contributed by atoms with Crippen molar-refractivity contribution in [1.29, 1.82) is 0 Å². The van der Waals surface area contributed by atoms with Crippen LogP contribution in [0.25, 0.3) is 11.4 Å². The van der Waals surface area contributed by atoms with Crippen molar-refractivity contribution in [1.82, 2.24) is 25.7 Å². The summed E-state index contributed by atoms with van der Waals surface area (Å²) in [6.07, 6.45) is 3.60. The highest BCUT2D eigenvalue weighted by atomic mass is 127. The van der Waals surface area contributed by atoms with Gasteiger partial charge < -0.3 is 20.1 Å². The molecule has 10 heteroatoms. The van der Waals surface area contributed by atoms with E-state index in [0.29, 0.717) is 35.1 Å². The monoisotopic (exact) mass is 574 g/mol. The van der Waals surface area contributed by atoms with Gasteiger partial charge in [-0.2, -0.15) is 4.98 Å². The molecule has 1 aromatic carbocycles. The van der Waals surface area contributed by atoms with Gasteiger partial charge in [-0.3, -0.25) is 9.79 Å². The van der Waals surface area contributed by atoms with E-state index in [-0.39, 0.29) is 35.9 Å². The van der Waals surface area contributed by atoms with E-state index in [1.54, 1.807) is 19.2 Å². The second-order valence-electron chi connectivity index (χ2n) is 7.70. The lowest BCUT2D eigenvalue weighted by atomic mass is 9.98. The number of hydrogen-bond acceptors (Lipinski definition) is 5. The second kappa shape index (κ2) is 13.0. The summed E-state index contributed by atoms with van der Waals surface area (Å²) in [5, 5.41) is 11.3. The van der Waals surface area contributed by atoms with Gasteiger partial charge in [-0.25, -0.2) is 0 Å². The minimum absolute atomic E-state index is 0. The molecule has 0 spiro atoms. The van der Waals surface area contributed by atoms with Gasteiger partial charge in [0.2, 0.25) is 17.6 Å². The number of nitrogens with one attached hydrogen (secondary N) is 2. The molecular weight excluding hydrogens is 543 g/mol. The highest BCUT2D eigenvalue weighted by Crippen LogP contribution is 2.19. The van der Waals surface area contributed by atoms with Gasteiger partial charge in [-0.05, 0) is 49.9 Å². The number of amides is 1. The Hall–Kier alpha value is -1.88. The van der Waals surface area contributed by atoms with Gasteiger partial charge in [0.1, 0.15) is 0 Å². The zero-order valence-electron chi connectivity index (χ0n) is 18.8. The number of benzene rings is 1. The summed E-state index contributed by atoms with van der Waals surface area (Å²) in [6, 6.07) is 7.56. The summed E-state index contributed by atoms with van der Waals surface area (Å²) < 4.78 is 5.33. The Kier molecular flexibility index (Phi) is 10.7. The van der Waals surface area contributed by atoms with Gasteiger partial charge in [0.15, 0.2) is 5.96 Å². The van der Waals surface area contributed by atoms with E-state index in [0.717, 1.165) is 44.3 Å². The number of carbonyl (C=O) groups excluding carboxylic acids is 1. The van der Waals surface area contributed by atoms with Crippen molar-refractivity contribution < 1.29 is 9.32 Å². The molecule has 0 atom stereocenters. The Labute approximate surface area is 211 Å². The topological polar surface area (TPSA) is 95.7 Å². The van der Waals surface area contributed by atoms with Gasteiger partial charge in [-0.1, -0.05) is 30.6 Å². The summed E-state index contributed by atoms with van der Waals surface area (Å²) in [7, 11) is 1.73. The fourth-order valence-corrected chi connectivity index (χ4v) is 3.86. The third-order valence-electron chi connectivity index (χ3n) is 5.68. The number of hydrogen-bond donors (Lipinski definition) is 2. The van der Waals surface area contributed by atoms with Crippen molar-refractivity contribution in [2.75, 3.05) is 20.1 Å². The smallest absolute Gasteiger partial charge is 0.246 e. The normalized spacial score (nSPS) is 14.9. The maximum atomic E-state index is 12.6. The number of halogens is 2. The predicted octanol–water partition coefficient (Wildman–Crippen LogP) is 4.10. The van der Waals surface area contributed by atoms with Crippen LogP contribution in [0.3, 0.4) is 0 Å². The van der Waals surface area contributed by atoms with Gasteiger partial charge in [0, 0.05) is 42.7 Å². The molecule has 0 aliphatic carbocycles. The van der Waals surface area contributed by atoms with Crippen molar-refractivity contribution in [2.45, 2.75) is 52.1 Å². The molecule has 0 radical (unpaired) electrons. The van der Waals surface area contributed by atoms with Crippen LogP contribution in [0.1, 0.15) is 45.4 Å². The molecule has 1 aliphatic rings. The van der Waals surface area contributed by atoms with Crippen LogP contribution in [0.2, 0.25) is 5.02 Å². The van der Waals surface area contributed by atoms with Gasteiger partial charge in [0.25, 0.3) is 0 Å². The van der Waals surface area contributed by atoms with Crippen molar-refractivity contribution >= 4 is 47.4 Å². The minimum atomic E-state index is 0. The van der Waals surface area contributed by atoms with Gasteiger partial charge >= 0.3 is 0 Å². The van der Waals surface area contributed by atoms with E-state index in [1.807, 2.05) is 17.0 Å². The number of carbonyl (C=O) groups is 1. The summed E-state index contributed by atoms with van der Waals surface area (Å²) in [5.41, 5.74) is 0.844. The highest BCUT2D eigenvalue weighted by molar-refractivity contribution is 14.0. The summed E-state index contributed by atoms with van der Waals surface area (Å²) >= 11 is 5.92. The number of rotatable bonds is 7. The lowest BCUT2D eigenvalue weighted by Gasteiger charge is -2.34. The summed E-state index contributed by atoms with van der Waals surface area (Å²) in [5.74, 6) is 2.10. The highest BCUT2D eigenvalue weighted by Gasteiger charge is 2.26. The molecule has 1 aliphatic heterocycles. The number of piperidine rings is 1. The number of nitrogens with zero attached hydrogens (tertiary/aromatic N) is 4. The molecule has 2 N–H and O–H groups in total. The Morgan fingerprint density at radius 3 is 2.50 bits per heavy atom. The van der Waals surface area contributed by atoms with Gasteiger partial charge in [-0.15, -0.1) is 24.0 Å². The molecule has 1 amide bonds. The number of guanidine groups is 1. The molecule has 2 heterocycles. The first-order valence-electron chi connectivity index (χ1n) is 10.9. The maximum Gasteiger partial charge on any atom is 0.246 e. The molecule has 0 saturated carbocycles. The summed E-state index contributed by atoms with van der Waals surface area (Å²) in [6.45, 7) is 6.08. The zero-order valence-corrected chi connectivity index (χ0v) is 21.9. The Morgan fingerprint density at radius 2 is 1.91 bits per heavy atom. The zero-order chi connectivity index (χ0) is 22.2. The molecule has 8 nitrogen and oxygen atoms in total. The average Bonchev–Trinajstić information content (AvgIpc) is 3.27. The first-order chi connectivity index (χ1) is 15.0. The molecule has 0 unspecified atom stereocenters. The van der Waals surface area contributed by atoms with Crippen molar-refractivity contribution in [2.24, 2.45) is 10.9 Å². The number of likely N-dealkylation sites (tertiary alicyclic amines) is 1. The molecular formula is C22H32ClIN6O2. The predicted molar refractivity (Wildman–Crippen MR) is 137 cm³/mol. The van der Waals surface area contributed by atoms with Crippen LogP contribution in [0.4, 0.5) is 0 Å². The van der Waals surface area contributed by atoms with E-state index in [9.17, 15) is 4.79 Å². The molecule has 1 saturated heterocycles. The first kappa shape index (κ1) is 26.4. The standard InChI is InChI=1S/C22H31ClN6O2.HI/c1-4-15(5-2)21(30)29-12-10-18(11-13-29)26-22(24-3)25-14-19-27-20(28-31-19)16-6-8-17(23)9-7-16;/h6-9,15,18H,4-5,10-14H2,1-3H3,(H2,24,25,26);1H. The van der Waals surface area contributed by atoms with Crippen molar-refractivity contribution in [3.63, 3.8) is 0 Å². The van der Waals surface area contributed by atoms with Crippen LogP contribution in [0.5, 0.6) is 0 Å². The van der Waals surface area contributed by atoms with Crippen LogP contribution in [-0.4, -0.2) is 53.1 Å². The van der Waals surface area contributed by atoms with Crippen LogP contribution in [0.15, 0.2) is 33.8 Å². The molecule has 1 fully saturated rings. The van der Waals surface area contributed by atoms with Crippen LogP contribution >= 0.6 is 35.6 Å². The molecule has 3 rings (SSSR count). The Bertz CT molecular complexity index is 877. The summed E-state index contributed by atoms with van der Waals surface area (Å²) in [4.78, 5) is 23.3. The quantitative estimate of drug-likeness (QED) is 0.294. The SMILES string of the molecule is CCC(CC)C(=O)N1CCC(NC(=NC)NCc2nc(-c3ccc(Cl)cc3)no2)CC1.I. The van der Waals surface area contributed by atoms with Crippen molar-refractivity contribution in [3.8, 4) is 11.4 Å². The molecule has 2 aromatic rings. The first-order valence-corrected chi connectivity index (χ1v) is 11.3. The molecule has 32 heavy (non-hydrogen) atoms. The van der Waals surface area contributed by atoms with Crippen LogP contribution < -0.4 is 10.6 Å². The Morgan fingerprint density at radius 1 is 1.25 bits per heavy atom. The Balaban J connectivity index is 0.00000363. The third kappa shape index (κ3) is 7.06. The fraction of sp³-hybridized carbons (Fsp3) is 0.545. The van der Waals surface area contributed by atoms with Crippen molar-refractivity contribution in [3.05, 3.63) is 35.2 Å². The third-order valence-corrected chi connectivity index (χ3v) is 5.94. The number of aliphatic imine (C=N–C) groups is 1. The minimum Gasteiger partial charge on any atom is -0.354 e. The van der Waals surface area contributed by atoms with E-state index >= 15 is 0 Å². The fourth-order valence-electron chi connectivity index (χ4n) is 3.73. The largest absolute Gasteiger partial charge is 0.354 e. The molecule has 176 valence electrons. The molecule has 1 aromatic heterocycles. The van der Waals surface area contributed by atoms with Crippen LogP contribution in [0, 0.1) is 5.92 Å². The lowest BCUT2D eigenvalue weighted by Crippen LogP contribution is -2.50. The molecule has 0 bridgehead atoms. The maximum absolute atomic E-state index is 12.6. The van der Waals surface area contributed by atoms with E-state index in [4.69, 9.17) is 16.1 Å². The number of aromatic nitrogens is 2.